The average Bonchev–Trinajstić information content (AvgIpc) is 2.61. The summed E-state index contributed by atoms with van der Waals surface area (Å²) in [6, 6.07) is 0. The third-order valence-corrected chi connectivity index (χ3v) is 2.29. The van der Waals surface area contributed by atoms with Crippen molar-refractivity contribution in [1.29, 1.82) is 0 Å². The van der Waals surface area contributed by atoms with Crippen molar-refractivity contribution in [2.24, 2.45) is 0 Å². The second-order valence-corrected chi connectivity index (χ2v) is 3.34. The van der Waals surface area contributed by atoms with Gasteiger partial charge in [0, 0.05) is 12.1 Å². The molecular weight excluding hydrogens is 192 g/mol. The lowest BCUT2D eigenvalue weighted by atomic mass is 10.2. The minimum atomic E-state index is -0.194. The molecule has 0 saturated carbocycles. The van der Waals surface area contributed by atoms with Crippen molar-refractivity contribution in [1.82, 2.24) is 20.4 Å². The third-order valence-electron chi connectivity index (χ3n) is 2.29. The van der Waals surface area contributed by atoms with Gasteiger partial charge in [0.05, 0.1) is 11.1 Å². The van der Waals surface area contributed by atoms with E-state index in [0.717, 1.165) is 11.4 Å². The van der Waals surface area contributed by atoms with Crippen molar-refractivity contribution >= 4 is 10.9 Å². The Morgan fingerprint density at radius 3 is 2.87 bits per heavy atom. The molecule has 2 aromatic heterocycles. The molecular formula is C10H12N4O. The number of hydrogen-bond acceptors (Lipinski definition) is 3. The second kappa shape index (κ2) is 3.68. The standard InChI is InChI=1S/C10H12N4O/c1-3-4-5-7-9-8(6(2)11-13-9)10(15)14-12-7/h3-4H,5H2,1-2H3,(H,11,13)(H,14,15)/b4-3-. The zero-order valence-electron chi connectivity index (χ0n) is 8.66. The molecule has 0 fully saturated rings. The smallest absolute Gasteiger partial charge is 0.275 e. The maximum absolute atomic E-state index is 11.5. The van der Waals surface area contributed by atoms with E-state index in [1.54, 1.807) is 0 Å². The number of aromatic amines is 2. The van der Waals surface area contributed by atoms with E-state index in [-0.39, 0.29) is 5.56 Å². The fourth-order valence-corrected chi connectivity index (χ4v) is 1.51. The van der Waals surface area contributed by atoms with Crippen LogP contribution < -0.4 is 5.56 Å². The van der Waals surface area contributed by atoms with Crippen LogP contribution in [-0.4, -0.2) is 20.4 Å². The van der Waals surface area contributed by atoms with Crippen molar-refractivity contribution in [3.63, 3.8) is 0 Å². The van der Waals surface area contributed by atoms with E-state index >= 15 is 0 Å². The molecule has 2 heterocycles. The molecule has 2 N–H and O–H groups in total. The highest BCUT2D eigenvalue weighted by molar-refractivity contribution is 5.81. The Morgan fingerprint density at radius 2 is 2.13 bits per heavy atom. The van der Waals surface area contributed by atoms with Crippen LogP contribution in [0.5, 0.6) is 0 Å². The van der Waals surface area contributed by atoms with Gasteiger partial charge in [0.25, 0.3) is 5.56 Å². The summed E-state index contributed by atoms with van der Waals surface area (Å²) in [6.45, 7) is 3.77. The van der Waals surface area contributed by atoms with Gasteiger partial charge >= 0.3 is 0 Å². The van der Waals surface area contributed by atoms with Gasteiger partial charge in [-0.25, -0.2) is 5.10 Å². The van der Waals surface area contributed by atoms with Crippen molar-refractivity contribution in [2.75, 3.05) is 0 Å². The Bertz CT molecular complexity index is 564. The lowest BCUT2D eigenvalue weighted by molar-refractivity contribution is 0.937. The Hall–Kier alpha value is -1.91. The maximum atomic E-state index is 11.5. The molecule has 0 radical (unpaired) electrons. The topological polar surface area (TPSA) is 74.4 Å². The van der Waals surface area contributed by atoms with Crippen LogP contribution in [-0.2, 0) is 6.42 Å². The first kappa shape index (κ1) is 9.64. The van der Waals surface area contributed by atoms with E-state index in [9.17, 15) is 4.79 Å². The summed E-state index contributed by atoms with van der Waals surface area (Å²) in [6.07, 6.45) is 4.59. The van der Waals surface area contributed by atoms with Crippen LogP contribution in [0.3, 0.4) is 0 Å². The van der Waals surface area contributed by atoms with Crippen LogP contribution in [0.25, 0.3) is 10.9 Å². The zero-order chi connectivity index (χ0) is 10.8. The van der Waals surface area contributed by atoms with Gasteiger partial charge in [0.2, 0.25) is 0 Å². The van der Waals surface area contributed by atoms with E-state index in [0.29, 0.717) is 17.3 Å². The van der Waals surface area contributed by atoms with Gasteiger partial charge in [0.1, 0.15) is 5.52 Å². The summed E-state index contributed by atoms with van der Waals surface area (Å²) >= 11 is 0. The van der Waals surface area contributed by atoms with E-state index < -0.39 is 0 Å². The summed E-state index contributed by atoms with van der Waals surface area (Å²) in [5.41, 5.74) is 2.03. The number of hydrogen-bond donors (Lipinski definition) is 2. The third kappa shape index (κ3) is 1.56. The van der Waals surface area contributed by atoms with E-state index in [2.05, 4.69) is 20.4 Å². The SMILES string of the molecule is C/C=C\Cc1n[nH]c(=O)c2c(C)[nH]nc12. The quantitative estimate of drug-likeness (QED) is 0.718. The Kier molecular flexibility index (Phi) is 2.37. The van der Waals surface area contributed by atoms with Crippen LogP contribution in [0.15, 0.2) is 16.9 Å². The van der Waals surface area contributed by atoms with Crippen LogP contribution in [0.2, 0.25) is 0 Å². The Morgan fingerprint density at radius 1 is 1.33 bits per heavy atom. The lowest BCUT2D eigenvalue weighted by Gasteiger charge is -1.95. The predicted molar refractivity (Wildman–Crippen MR) is 57.8 cm³/mol. The van der Waals surface area contributed by atoms with Crippen molar-refractivity contribution in [3.8, 4) is 0 Å². The molecule has 0 aliphatic rings. The van der Waals surface area contributed by atoms with Gasteiger partial charge in [-0.05, 0) is 13.8 Å². The molecule has 0 aliphatic carbocycles. The van der Waals surface area contributed by atoms with Crippen molar-refractivity contribution in [3.05, 3.63) is 33.9 Å². The first-order chi connectivity index (χ1) is 7.24. The largest absolute Gasteiger partial charge is 0.281 e. The number of fused-ring (bicyclic) bond motifs is 1. The second-order valence-electron chi connectivity index (χ2n) is 3.34. The summed E-state index contributed by atoms with van der Waals surface area (Å²) in [7, 11) is 0. The highest BCUT2D eigenvalue weighted by Crippen LogP contribution is 2.13. The number of allylic oxidation sites excluding steroid dienone is 2. The lowest BCUT2D eigenvalue weighted by Crippen LogP contribution is -2.10. The van der Waals surface area contributed by atoms with Crippen LogP contribution in [0, 0.1) is 6.92 Å². The first-order valence-corrected chi connectivity index (χ1v) is 4.77. The predicted octanol–water partition coefficient (Wildman–Crippen LogP) is 1.07. The van der Waals surface area contributed by atoms with E-state index in [1.165, 1.54) is 0 Å². The summed E-state index contributed by atoms with van der Waals surface area (Å²) in [5.74, 6) is 0. The van der Waals surface area contributed by atoms with E-state index in [4.69, 9.17) is 0 Å². The molecule has 5 nitrogen and oxygen atoms in total. The van der Waals surface area contributed by atoms with Crippen molar-refractivity contribution in [2.45, 2.75) is 20.3 Å². The van der Waals surface area contributed by atoms with Gasteiger partial charge in [-0.15, -0.1) is 0 Å². The molecule has 5 heteroatoms. The average molecular weight is 204 g/mol. The van der Waals surface area contributed by atoms with Gasteiger partial charge < -0.3 is 0 Å². The molecule has 0 spiro atoms. The summed E-state index contributed by atoms with van der Waals surface area (Å²) in [5, 5.41) is 14.0. The molecule has 0 unspecified atom stereocenters. The fraction of sp³-hybridized carbons (Fsp3) is 0.300. The number of rotatable bonds is 2. The molecule has 0 amide bonds. The highest BCUT2D eigenvalue weighted by atomic mass is 16.1. The van der Waals surface area contributed by atoms with Crippen LogP contribution in [0.4, 0.5) is 0 Å². The van der Waals surface area contributed by atoms with Crippen LogP contribution in [0.1, 0.15) is 18.3 Å². The molecule has 0 saturated heterocycles. The summed E-state index contributed by atoms with van der Waals surface area (Å²) < 4.78 is 0. The zero-order valence-corrected chi connectivity index (χ0v) is 8.66. The molecule has 0 aromatic carbocycles. The Balaban J connectivity index is 2.67. The summed E-state index contributed by atoms with van der Waals surface area (Å²) in [4.78, 5) is 11.5. The number of nitrogens with zero attached hydrogens (tertiary/aromatic N) is 2. The molecule has 78 valence electrons. The molecule has 2 rings (SSSR count). The highest BCUT2D eigenvalue weighted by Gasteiger charge is 2.10. The Labute approximate surface area is 86.2 Å². The van der Waals surface area contributed by atoms with Gasteiger partial charge in [-0.1, -0.05) is 12.2 Å². The number of nitrogens with one attached hydrogen (secondary N) is 2. The molecule has 0 aliphatic heterocycles. The monoisotopic (exact) mass is 204 g/mol. The minimum Gasteiger partial charge on any atom is -0.281 e. The van der Waals surface area contributed by atoms with Crippen LogP contribution >= 0.6 is 0 Å². The number of H-pyrrole nitrogens is 2. The minimum absolute atomic E-state index is 0.194. The van der Waals surface area contributed by atoms with Gasteiger partial charge in [0.15, 0.2) is 0 Å². The fourth-order valence-electron chi connectivity index (χ4n) is 1.51. The molecule has 0 atom stereocenters. The maximum Gasteiger partial charge on any atom is 0.275 e. The van der Waals surface area contributed by atoms with Gasteiger partial charge in [-0.3, -0.25) is 9.89 Å². The van der Waals surface area contributed by atoms with Gasteiger partial charge in [-0.2, -0.15) is 10.2 Å². The molecule has 2 aromatic rings. The molecule has 0 bridgehead atoms. The first-order valence-electron chi connectivity index (χ1n) is 4.77. The number of aryl methyl sites for hydroxylation is 1. The normalized spacial score (nSPS) is 11.6. The molecule has 15 heavy (non-hydrogen) atoms. The van der Waals surface area contributed by atoms with Crippen molar-refractivity contribution < 1.29 is 0 Å². The van der Waals surface area contributed by atoms with E-state index in [1.807, 2.05) is 26.0 Å². The number of aromatic nitrogens is 4.